The summed E-state index contributed by atoms with van der Waals surface area (Å²) in [6.07, 6.45) is -1.25. The first-order valence-corrected chi connectivity index (χ1v) is 6.02. The third kappa shape index (κ3) is 3.28. The van der Waals surface area contributed by atoms with E-state index in [4.69, 9.17) is 5.73 Å². The number of rotatable bonds is 5. The lowest BCUT2D eigenvalue weighted by molar-refractivity contribution is 0.0146. The van der Waals surface area contributed by atoms with E-state index in [2.05, 4.69) is 15.9 Å². The molecular weight excluding hydrogens is 258 g/mol. The van der Waals surface area contributed by atoms with Gasteiger partial charge in [0.2, 0.25) is 0 Å². The van der Waals surface area contributed by atoms with Gasteiger partial charge in [-0.15, -0.1) is 0 Å². The van der Waals surface area contributed by atoms with Crippen molar-refractivity contribution < 1.29 is 10.2 Å². The van der Waals surface area contributed by atoms with Crippen molar-refractivity contribution in [3.63, 3.8) is 0 Å². The average Bonchev–Trinajstić information content (AvgIpc) is 2.28. The Morgan fingerprint density at radius 3 is 2.53 bits per heavy atom. The Balaban J connectivity index is 2.84. The van der Waals surface area contributed by atoms with E-state index in [-0.39, 0.29) is 0 Å². The van der Waals surface area contributed by atoms with Crippen LogP contribution in [0.25, 0.3) is 0 Å². The van der Waals surface area contributed by atoms with Crippen molar-refractivity contribution in [3.05, 3.63) is 35.4 Å². The Kier molecular flexibility index (Phi) is 5.25. The van der Waals surface area contributed by atoms with Crippen LogP contribution >= 0.6 is 15.9 Å². The Morgan fingerprint density at radius 2 is 1.93 bits per heavy atom. The molecule has 0 aliphatic rings. The van der Waals surface area contributed by atoms with E-state index < -0.39 is 12.2 Å². The second-order valence-corrected chi connectivity index (χ2v) is 3.98. The van der Waals surface area contributed by atoms with Gasteiger partial charge in [0.25, 0.3) is 0 Å². The smallest absolute Gasteiger partial charge is 0.105 e. The molecule has 1 rings (SSSR count). The third-order valence-electron chi connectivity index (χ3n) is 2.34. The fraction of sp³-hybridized carbons (Fsp3) is 0.455. The minimum atomic E-state index is -0.859. The summed E-state index contributed by atoms with van der Waals surface area (Å²) in [6, 6.07) is 7.49. The first kappa shape index (κ1) is 12.6. The lowest BCUT2D eigenvalue weighted by Crippen LogP contribution is -2.22. The molecular formula is C11H16BrNO2. The summed E-state index contributed by atoms with van der Waals surface area (Å²) in [7, 11) is 0. The molecule has 0 aromatic heterocycles. The molecule has 4 N–H and O–H groups in total. The van der Waals surface area contributed by atoms with E-state index in [1.54, 1.807) is 0 Å². The number of aliphatic hydroxyl groups excluding tert-OH is 2. The summed E-state index contributed by atoms with van der Waals surface area (Å²) >= 11 is 3.35. The van der Waals surface area contributed by atoms with Gasteiger partial charge in [-0.2, -0.15) is 0 Å². The number of benzene rings is 1. The van der Waals surface area contributed by atoms with Crippen molar-refractivity contribution >= 4 is 15.9 Å². The predicted molar refractivity (Wildman–Crippen MR) is 63.7 cm³/mol. The molecule has 3 nitrogen and oxygen atoms in total. The second-order valence-electron chi connectivity index (χ2n) is 3.42. The standard InChI is InChI=1S/C11H16BrNO2/c12-7-8-3-1-2-4-9(8)11(15)10(14)5-6-13/h1-4,10-11,14-15H,5-7,13H2. The van der Waals surface area contributed by atoms with Gasteiger partial charge in [-0.05, 0) is 24.1 Å². The molecule has 1 aromatic rings. The molecule has 4 heteroatoms. The van der Waals surface area contributed by atoms with Crippen LogP contribution in [0.1, 0.15) is 23.7 Å². The average molecular weight is 274 g/mol. The van der Waals surface area contributed by atoms with Crippen molar-refractivity contribution in [3.8, 4) is 0 Å². The molecule has 84 valence electrons. The van der Waals surface area contributed by atoms with Crippen LogP contribution in [0.15, 0.2) is 24.3 Å². The molecule has 0 aliphatic carbocycles. The fourth-order valence-electron chi connectivity index (χ4n) is 1.48. The van der Waals surface area contributed by atoms with Crippen LogP contribution in [0.5, 0.6) is 0 Å². The van der Waals surface area contributed by atoms with Crippen LogP contribution in [0.4, 0.5) is 0 Å². The summed E-state index contributed by atoms with van der Waals surface area (Å²) in [4.78, 5) is 0. The molecule has 0 aliphatic heterocycles. The number of alkyl halides is 1. The molecule has 15 heavy (non-hydrogen) atoms. The zero-order chi connectivity index (χ0) is 11.3. The fourth-order valence-corrected chi connectivity index (χ4v) is 1.99. The number of hydrogen-bond donors (Lipinski definition) is 3. The number of nitrogens with two attached hydrogens (primary N) is 1. The van der Waals surface area contributed by atoms with Gasteiger partial charge in [-0.3, -0.25) is 0 Å². The van der Waals surface area contributed by atoms with Crippen LogP contribution in [0.2, 0.25) is 0 Å². The van der Waals surface area contributed by atoms with Crippen molar-refractivity contribution in [1.82, 2.24) is 0 Å². The maximum absolute atomic E-state index is 9.91. The van der Waals surface area contributed by atoms with Crippen LogP contribution in [0.3, 0.4) is 0 Å². The summed E-state index contributed by atoms with van der Waals surface area (Å²) in [5.41, 5.74) is 7.08. The SMILES string of the molecule is NCCC(O)C(O)c1ccccc1CBr. The van der Waals surface area contributed by atoms with E-state index in [0.29, 0.717) is 18.3 Å². The topological polar surface area (TPSA) is 66.5 Å². The van der Waals surface area contributed by atoms with Crippen molar-refractivity contribution in [2.24, 2.45) is 5.73 Å². The quantitative estimate of drug-likeness (QED) is 0.709. The van der Waals surface area contributed by atoms with Crippen LogP contribution < -0.4 is 5.73 Å². The third-order valence-corrected chi connectivity index (χ3v) is 2.95. The highest BCUT2D eigenvalue weighted by atomic mass is 79.9. The minimum Gasteiger partial charge on any atom is -0.390 e. The molecule has 2 atom stereocenters. The molecule has 0 heterocycles. The Morgan fingerprint density at radius 1 is 1.27 bits per heavy atom. The van der Waals surface area contributed by atoms with Gasteiger partial charge in [-0.1, -0.05) is 40.2 Å². The van der Waals surface area contributed by atoms with E-state index in [0.717, 1.165) is 11.1 Å². The maximum atomic E-state index is 9.91. The number of hydrogen-bond acceptors (Lipinski definition) is 3. The molecule has 0 fully saturated rings. The van der Waals surface area contributed by atoms with E-state index in [1.165, 1.54) is 0 Å². The van der Waals surface area contributed by atoms with Gasteiger partial charge in [-0.25, -0.2) is 0 Å². The highest BCUT2D eigenvalue weighted by Gasteiger charge is 2.19. The second kappa shape index (κ2) is 6.23. The molecule has 0 bridgehead atoms. The molecule has 0 spiro atoms. The molecule has 0 amide bonds. The Hall–Kier alpha value is -0.420. The predicted octanol–water partition coefficient (Wildman–Crippen LogP) is 1.32. The lowest BCUT2D eigenvalue weighted by atomic mass is 9.98. The zero-order valence-electron chi connectivity index (χ0n) is 8.44. The van der Waals surface area contributed by atoms with Crippen LogP contribution in [0, 0.1) is 0 Å². The van der Waals surface area contributed by atoms with Gasteiger partial charge < -0.3 is 15.9 Å². The number of aliphatic hydroxyl groups is 2. The first-order valence-electron chi connectivity index (χ1n) is 4.90. The van der Waals surface area contributed by atoms with Gasteiger partial charge in [0, 0.05) is 5.33 Å². The van der Waals surface area contributed by atoms with E-state index in [1.807, 2.05) is 24.3 Å². The normalized spacial score (nSPS) is 14.9. The van der Waals surface area contributed by atoms with Gasteiger partial charge >= 0.3 is 0 Å². The van der Waals surface area contributed by atoms with Crippen molar-refractivity contribution in [2.45, 2.75) is 24.0 Å². The first-order chi connectivity index (χ1) is 7.20. The summed E-state index contributed by atoms with van der Waals surface area (Å²) in [6.45, 7) is 0.370. The number of halogens is 1. The molecule has 2 unspecified atom stereocenters. The Bertz CT molecular complexity index is 306. The van der Waals surface area contributed by atoms with Crippen LogP contribution in [-0.2, 0) is 5.33 Å². The van der Waals surface area contributed by atoms with Gasteiger partial charge in [0.15, 0.2) is 0 Å². The zero-order valence-corrected chi connectivity index (χ0v) is 10.0. The lowest BCUT2D eigenvalue weighted by Gasteiger charge is -2.19. The molecule has 0 radical (unpaired) electrons. The summed E-state index contributed by atoms with van der Waals surface area (Å²) < 4.78 is 0. The van der Waals surface area contributed by atoms with Crippen LogP contribution in [-0.4, -0.2) is 22.9 Å². The summed E-state index contributed by atoms with van der Waals surface area (Å²) in [5, 5.41) is 20.2. The highest BCUT2D eigenvalue weighted by molar-refractivity contribution is 9.08. The van der Waals surface area contributed by atoms with Gasteiger partial charge in [0.05, 0.1) is 6.10 Å². The Labute approximate surface area is 98.1 Å². The van der Waals surface area contributed by atoms with E-state index >= 15 is 0 Å². The monoisotopic (exact) mass is 273 g/mol. The highest BCUT2D eigenvalue weighted by Crippen LogP contribution is 2.23. The van der Waals surface area contributed by atoms with Crippen molar-refractivity contribution in [1.29, 1.82) is 0 Å². The maximum Gasteiger partial charge on any atom is 0.105 e. The van der Waals surface area contributed by atoms with E-state index in [9.17, 15) is 10.2 Å². The summed E-state index contributed by atoms with van der Waals surface area (Å²) in [5.74, 6) is 0. The molecule has 0 saturated carbocycles. The molecule has 1 aromatic carbocycles. The van der Waals surface area contributed by atoms with Crippen molar-refractivity contribution in [2.75, 3.05) is 6.54 Å². The van der Waals surface area contributed by atoms with Gasteiger partial charge in [0.1, 0.15) is 6.10 Å². The molecule has 0 saturated heterocycles. The minimum absolute atomic E-state index is 0.370. The largest absolute Gasteiger partial charge is 0.390 e.